The molecular weight excluding hydrogens is 430 g/mol. The molecule has 0 saturated carbocycles. The van der Waals surface area contributed by atoms with Crippen LogP contribution in [0.2, 0.25) is 0 Å². The molecule has 3 aromatic carbocycles. The maximum Gasteiger partial charge on any atom is 0.308 e. The Labute approximate surface area is 197 Å². The van der Waals surface area contributed by atoms with E-state index >= 15 is 0 Å². The smallest absolute Gasteiger partial charge is 0.308 e. The van der Waals surface area contributed by atoms with Gasteiger partial charge in [0.25, 0.3) is 0 Å². The van der Waals surface area contributed by atoms with Gasteiger partial charge in [-0.3, -0.25) is 9.59 Å². The van der Waals surface area contributed by atoms with Crippen molar-refractivity contribution in [2.45, 2.75) is 20.5 Å². The minimum absolute atomic E-state index is 0.287. The van der Waals surface area contributed by atoms with E-state index in [1.54, 1.807) is 18.2 Å². The van der Waals surface area contributed by atoms with Crippen LogP contribution in [0, 0.1) is 0 Å². The van der Waals surface area contributed by atoms with Gasteiger partial charge in [-0.15, -0.1) is 0 Å². The number of fused-ring (bicyclic) bond motifs is 1. The lowest BCUT2D eigenvalue weighted by Crippen LogP contribution is -2.05. The first-order valence-electron chi connectivity index (χ1n) is 10.7. The molecule has 0 saturated heterocycles. The first-order chi connectivity index (χ1) is 16.5. The number of benzene rings is 3. The Morgan fingerprint density at radius 1 is 0.794 bits per heavy atom. The Hall–Kier alpha value is -4.45. The van der Waals surface area contributed by atoms with Gasteiger partial charge in [0.2, 0.25) is 0 Å². The average molecular weight is 453 g/mol. The second-order valence-electron chi connectivity index (χ2n) is 7.56. The van der Waals surface area contributed by atoms with E-state index in [1.165, 1.54) is 19.9 Å². The minimum atomic E-state index is -0.473. The summed E-state index contributed by atoms with van der Waals surface area (Å²) >= 11 is 0. The lowest BCUT2D eigenvalue weighted by Gasteiger charge is -2.10. The molecule has 0 aliphatic carbocycles. The number of nitrogens with zero attached hydrogens (tertiary/aromatic N) is 1. The van der Waals surface area contributed by atoms with Gasteiger partial charge in [0.1, 0.15) is 29.4 Å². The maximum atomic E-state index is 11.5. The Balaban J connectivity index is 1.61. The van der Waals surface area contributed by atoms with Crippen molar-refractivity contribution >= 4 is 35.0 Å². The third-order valence-corrected chi connectivity index (χ3v) is 4.88. The number of hydrogen-bond acceptors (Lipinski definition) is 6. The molecule has 0 fully saturated rings. The van der Waals surface area contributed by atoms with Crippen molar-refractivity contribution in [3.63, 3.8) is 0 Å². The van der Waals surface area contributed by atoms with Crippen LogP contribution in [0.5, 0.6) is 17.2 Å². The fraction of sp³-hybridized carbons (Fsp3) is 0.107. The summed E-state index contributed by atoms with van der Waals surface area (Å²) in [5, 5.41) is 0.967. The van der Waals surface area contributed by atoms with Crippen LogP contribution in [0.4, 0.5) is 0 Å². The van der Waals surface area contributed by atoms with Crippen molar-refractivity contribution in [3.8, 4) is 17.2 Å². The summed E-state index contributed by atoms with van der Waals surface area (Å²) in [7, 11) is 0. The van der Waals surface area contributed by atoms with E-state index in [0.717, 1.165) is 16.5 Å². The fourth-order valence-electron chi connectivity index (χ4n) is 3.38. The predicted molar refractivity (Wildman–Crippen MR) is 131 cm³/mol. The highest BCUT2D eigenvalue weighted by atomic mass is 16.5. The van der Waals surface area contributed by atoms with E-state index in [4.69, 9.17) is 19.2 Å². The Morgan fingerprint density at radius 2 is 1.59 bits per heavy atom. The number of aromatic nitrogens is 1. The Bertz CT molecular complexity index is 1360. The number of ether oxygens (including phenoxy) is 3. The van der Waals surface area contributed by atoms with Gasteiger partial charge in [-0.05, 0) is 42.0 Å². The van der Waals surface area contributed by atoms with Crippen LogP contribution in [-0.4, -0.2) is 16.9 Å². The molecule has 0 N–H and O–H groups in total. The Kier molecular flexibility index (Phi) is 6.98. The van der Waals surface area contributed by atoms with Gasteiger partial charge in [0.05, 0.1) is 5.69 Å². The molecule has 0 atom stereocenters. The van der Waals surface area contributed by atoms with Crippen LogP contribution in [0.25, 0.3) is 23.1 Å². The zero-order valence-corrected chi connectivity index (χ0v) is 18.9. The molecule has 4 rings (SSSR count). The van der Waals surface area contributed by atoms with Gasteiger partial charge in [0, 0.05) is 30.9 Å². The summed E-state index contributed by atoms with van der Waals surface area (Å²) < 4.78 is 16.4. The summed E-state index contributed by atoms with van der Waals surface area (Å²) in [4.78, 5) is 27.5. The molecule has 1 aromatic heterocycles. The van der Waals surface area contributed by atoms with E-state index in [9.17, 15) is 9.59 Å². The van der Waals surface area contributed by atoms with Crippen LogP contribution in [0.3, 0.4) is 0 Å². The fourth-order valence-corrected chi connectivity index (χ4v) is 3.38. The molecule has 0 radical (unpaired) electrons. The molecular formula is C28H23NO5. The normalized spacial score (nSPS) is 10.9. The second kappa shape index (κ2) is 10.4. The molecule has 4 aromatic rings. The summed E-state index contributed by atoms with van der Waals surface area (Å²) in [6, 6.07) is 24.5. The van der Waals surface area contributed by atoms with Crippen molar-refractivity contribution in [1.29, 1.82) is 0 Å². The molecule has 0 aliphatic heterocycles. The van der Waals surface area contributed by atoms with Crippen molar-refractivity contribution in [2.24, 2.45) is 0 Å². The topological polar surface area (TPSA) is 74.7 Å². The van der Waals surface area contributed by atoms with Crippen LogP contribution in [0.15, 0.2) is 78.9 Å². The van der Waals surface area contributed by atoms with E-state index < -0.39 is 11.9 Å². The molecule has 0 unspecified atom stereocenters. The molecule has 0 amide bonds. The standard InChI is InChI=1S/C28H23NO5/c1-19(30)33-25-16-13-22(27(17-25)34-20(2)31)11-14-24-15-12-23-9-6-10-26(28(23)29-24)32-18-21-7-4-3-5-8-21/h3-17H,18H2,1-2H3/b14-11+. The summed E-state index contributed by atoms with van der Waals surface area (Å²) in [5.74, 6) is 0.351. The lowest BCUT2D eigenvalue weighted by atomic mass is 10.1. The SMILES string of the molecule is CC(=O)Oc1ccc(/C=C/c2ccc3cccc(OCc4ccccc4)c3n2)c(OC(C)=O)c1. The lowest BCUT2D eigenvalue weighted by molar-refractivity contribution is -0.132. The largest absolute Gasteiger partial charge is 0.487 e. The predicted octanol–water partition coefficient (Wildman–Crippen LogP) is 5.83. The third kappa shape index (κ3) is 5.86. The molecule has 34 heavy (non-hydrogen) atoms. The molecule has 0 aliphatic rings. The highest BCUT2D eigenvalue weighted by Crippen LogP contribution is 2.28. The third-order valence-electron chi connectivity index (χ3n) is 4.88. The number of carbonyl (C=O) groups is 2. The highest BCUT2D eigenvalue weighted by molar-refractivity contribution is 5.86. The van der Waals surface area contributed by atoms with Crippen molar-refractivity contribution < 1.29 is 23.8 Å². The van der Waals surface area contributed by atoms with Crippen LogP contribution in [-0.2, 0) is 16.2 Å². The van der Waals surface area contributed by atoms with E-state index in [-0.39, 0.29) is 5.75 Å². The van der Waals surface area contributed by atoms with Crippen LogP contribution in [0.1, 0.15) is 30.7 Å². The quantitative estimate of drug-likeness (QED) is 0.259. The van der Waals surface area contributed by atoms with Gasteiger partial charge in [0.15, 0.2) is 0 Å². The number of hydrogen-bond donors (Lipinski definition) is 0. The van der Waals surface area contributed by atoms with Crippen molar-refractivity contribution in [2.75, 3.05) is 0 Å². The molecule has 6 heteroatoms. The van der Waals surface area contributed by atoms with Crippen molar-refractivity contribution in [1.82, 2.24) is 4.98 Å². The highest BCUT2D eigenvalue weighted by Gasteiger charge is 2.09. The number of para-hydroxylation sites is 1. The summed E-state index contributed by atoms with van der Waals surface area (Å²) in [5.41, 5.74) is 3.18. The van der Waals surface area contributed by atoms with Crippen LogP contribution >= 0.6 is 0 Å². The zero-order chi connectivity index (χ0) is 23.9. The number of esters is 2. The molecule has 6 nitrogen and oxygen atoms in total. The summed E-state index contributed by atoms with van der Waals surface area (Å²) in [6.07, 6.45) is 3.61. The van der Waals surface area contributed by atoms with Gasteiger partial charge >= 0.3 is 11.9 Å². The number of rotatable bonds is 7. The number of carbonyl (C=O) groups excluding carboxylic acids is 2. The Morgan fingerprint density at radius 3 is 2.35 bits per heavy atom. The summed E-state index contributed by atoms with van der Waals surface area (Å²) in [6.45, 7) is 3.07. The van der Waals surface area contributed by atoms with Gasteiger partial charge in [-0.1, -0.05) is 48.5 Å². The molecule has 0 spiro atoms. The van der Waals surface area contributed by atoms with Gasteiger partial charge in [-0.25, -0.2) is 4.98 Å². The van der Waals surface area contributed by atoms with E-state index in [2.05, 4.69) is 0 Å². The van der Waals surface area contributed by atoms with E-state index in [1.807, 2.05) is 66.7 Å². The zero-order valence-electron chi connectivity index (χ0n) is 18.9. The van der Waals surface area contributed by atoms with E-state index in [0.29, 0.717) is 29.4 Å². The average Bonchev–Trinajstić information content (AvgIpc) is 2.82. The minimum Gasteiger partial charge on any atom is -0.487 e. The van der Waals surface area contributed by atoms with Crippen molar-refractivity contribution in [3.05, 3.63) is 95.7 Å². The monoisotopic (exact) mass is 453 g/mol. The molecule has 170 valence electrons. The second-order valence-corrected chi connectivity index (χ2v) is 7.56. The maximum absolute atomic E-state index is 11.5. The van der Waals surface area contributed by atoms with Gasteiger partial charge in [-0.2, -0.15) is 0 Å². The van der Waals surface area contributed by atoms with Gasteiger partial charge < -0.3 is 14.2 Å². The first kappa shape index (κ1) is 22.7. The van der Waals surface area contributed by atoms with Crippen LogP contribution < -0.4 is 14.2 Å². The molecule has 0 bridgehead atoms. The number of pyridine rings is 1. The first-order valence-corrected chi connectivity index (χ1v) is 10.7. The molecule has 1 heterocycles.